The van der Waals surface area contributed by atoms with Crippen molar-refractivity contribution in [2.75, 3.05) is 7.11 Å². The van der Waals surface area contributed by atoms with E-state index in [-0.39, 0.29) is 17.1 Å². The molecule has 2 aromatic carbocycles. The van der Waals surface area contributed by atoms with Gasteiger partial charge in [0.1, 0.15) is 17.1 Å². The molecule has 2 rings (SSSR count). The lowest BCUT2D eigenvalue weighted by Crippen LogP contribution is -2.06. The van der Waals surface area contributed by atoms with E-state index in [4.69, 9.17) is 0 Å². The molecule has 98 valence electrons. The Morgan fingerprint density at radius 2 is 1.79 bits per heavy atom. The van der Waals surface area contributed by atoms with Crippen LogP contribution in [0.15, 0.2) is 42.5 Å². The molecule has 5 heteroatoms. The van der Waals surface area contributed by atoms with Gasteiger partial charge in [-0.2, -0.15) is 4.89 Å². The summed E-state index contributed by atoms with van der Waals surface area (Å²) in [7, 11) is 1.19. The van der Waals surface area contributed by atoms with Crippen molar-refractivity contribution in [1.29, 1.82) is 0 Å². The molecule has 2 N–H and O–H groups in total. The van der Waals surface area contributed by atoms with Crippen LogP contribution in [0.4, 0.5) is 0 Å². The van der Waals surface area contributed by atoms with Crippen LogP contribution >= 0.6 is 0 Å². The minimum atomic E-state index is -0.834. The Labute approximate surface area is 109 Å². The van der Waals surface area contributed by atoms with E-state index < -0.39 is 5.97 Å². The van der Waals surface area contributed by atoms with Gasteiger partial charge in [-0.25, -0.2) is 4.79 Å². The Kier molecular flexibility index (Phi) is 3.68. The van der Waals surface area contributed by atoms with Crippen LogP contribution in [0.3, 0.4) is 0 Å². The SMILES string of the molecule is COOC(=O)c1c(O)cc(O)cc1-c1ccccc1. The average molecular weight is 260 g/mol. The van der Waals surface area contributed by atoms with Crippen LogP contribution in [0.1, 0.15) is 10.4 Å². The fourth-order valence-corrected chi connectivity index (χ4v) is 1.79. The van der Waals surface area contributed by atoms with Crippen LogP contribution in [-0.2, 0) is 9.78 Å². The third-order valence-corrected chi connectivity index (χ3v) is 2.55. The first kappa shape index (κ1) is 12.9. The van der Waals surface area contributed by atoms with Crippen LogP contribution in [0.2, 0.25) is 0 Å². The van der Waals surface area contributed by atoms with Crippen molar-refractivity contribution in [1.82, 2.24) is 0 Å². The summed E-state index contributed by atoms with van der Waals surface area (Å²) in [5, 5.41) is 19.4. The molecule has 5 nitrogen and oxygen atoms in total. The summed E-state index contributed by atoms with van der Waals surface area (Å²) in [4.78, 5) is 20.5. The number of benzene rings is 2. The van der Waals surface area contributed by atoms with Crippen molar-refractivity contribution >= 4 is 5.97 Å². The molecule has 0 fully saturated rings. The average Bonchev–Trinajstić information content (AvgIpc) is 2.39. The van der Waals surface area contributed by atoms with Crippen molar-refractivity contribution in [3.8, 4) is 22.6 Å². The molecule has 0 aromatic heterocycles. The van der Waals surface area contributed by atoms with Gasteiger partial charge in [-0.05, 0) is 11.6 Å². The first-order valence-electron chi connectivity index (χ1n) is 5.50. The van der Waals surface area contributed by atoms with E-state index >= 15 is 0 Å². The Morgan fingerprint density at radius 1 is 1.11 bits per heavy atom. The lowest BCUT2D eigenvalue weighted by molar-refractivity contribution is -0.216. The van der Waals surface area contributed by atoms with E-state index in [1.165, 1.54) is 13.2 Å². The number of phenols is 2. The number of phenolic OH excluding ortho intramolecular Hbond substituents is 2. The summed E-state index contributed by atoms with van der Waals surface area (Å²) < 4.78 is 0. The van der Waals surface area contributed by atoms with Crippen molar-refractivity contribution in [3.05, 3.63) is 48.0 Å². The predicted molar refractivity (Wildman–Crippen MR) is 67.6 cm³/mol. The van der Waals surface area contributed by atoms with Crippen LogP contribution in [0.5, 0.6) is 11.5 Å². The molecular weight excluding hydrogens is 248 g/mol. The quantitative estimate of drug-likeness (QED) is 0.655. The molecule has 0 aliphatic heterocycles. The number of hydrogen-bond acceptors (Lipinski definition) is 5. The summed E-state index contributed by atoms with van der Waals surface area (Å²) in [6.07, 6.45) is 0. The summed E-state index contributed by atoms with van der Waals surface area (Å²) in [6, 6.07) is 11.3. The topological polar surface area (TPSA) is 76.0 Å². The fraction of sp³-hybridized carbons (Fsp3) is 0.0714. The maximum absolute atomic E-state index is 11.8. The minimum absolute atomic E-state index is 0.0640. The molecule has 0 heterocycles. The Hall–Kier alpha value is -2.53. The van der Waals surface area contributed by atoms with Gasteiger partial charge in [0, 0.05) is 11.6 Å². The van der Waals surface area contributed by atoms with Gasteiger partial charge in [0.2, 0.25) is 0 Å². The second kappa shape index (κ2) is 5.41. The largest absolute Gasteiger partial charge is 0.508 e. The Balaban J connectivity index is 2.62. The monoisotopic (exact) mass is 260 g/mol. The second-order valence-electron chi connectivity index (χ2n) is 3.79. The highest BCUT2D eigenvalue weighted by Gasteiger charge is 2.21. The first-order valence-corrected chi connectivity index (χ1v) is 5.50. The molecule has 19 heavy (non-hydrogen) atoms. The maximum atomic E-state index is 11.8. The fourth-order valence-electron chi connectivity index (χ4n) is 1.79. The van der Waals surface area contributed by atoms with Gasteiger partial charge in [-0.15, -0.1) is 0 Å². The number of carbonyl (C=O) groups excluding carboxylic acids is 1. The van der Waals surface area contributed by atoms with Gasteiger partial charge in [-0.1, -0.05) is 30.3 Å². The number of aromatic hydroxyl groups is 2. The molecule has 0 radical (unpaired) electrons. The summed E-state index contributed by atoms with van der Waals surface area (Å²) in [5.74, 6) is -1.36. The molecule has 0 atom stereocenters. The molecule has 0 aliphatic rings. The molecule has 0 saturated carbocycles. The van der Waals surface area contributed by atoms with Gasteiger partial charge in [-0.3, -0.25) is 4.89 Å². The van der Waals surface area contributed by atoms with Crippen molar-refractivity contribution in [3.63, 3.8) is 0 Å². The summed E-state index contributed by atoms with van der Waals surface area (Å²) >= 11 is 0. The molecule has 2 aromatic rings. The van der Waals surface area contributed by atoms with Crippen molar-refractivity contribution < 1.29 is 24.8 Å². The van der Waals surface area contributed by atoms with E-state index in [0.717, 1.165) is 6.07 Å². The molecule has 0 saturated heterocycles. The molecule has 0 unspecified atom stereocenters. The van der Waals surface area contributed by atoms with Crippen LogP contribution in [-0.4, -0.2) is 23.3 Å². The first-order chi connectivity index (χ1) is 9.13. The van der Waals surface area contributed by atoms with Gasteiger partial charge >= 0.3 is 5.97 Å². The highest BCUT2D eigenvalue weighted by Crippen LogP contribution is 2.34. The molecule has 0 amide bonds. The van der Waals surface area contributed by atoms with E-state index in [1.54, 1.807) is 24.3 Å². The predicted octanol–water partition coefficient (Wildman–Crippen LogP) is 2.48. The number of rotatable bonds is 3. The minimum Gasteiger partial charge on any atom is -0.508 e. The standard InChI is InChI=1S/C14H12O5/c1-18-19-14(17)13-11(7-10(15)8-12(13)16)9-5-3-2-4-6-9/h2-8,15-16H,1H3. The second-order valence-corrected chi connectivity index (χ2v) is 3.79. The maximum Gasteiger partial charge on any atom is 0.377 e. The van der Waals surface area contributed by atoms with Crippen molar-refractivity contribution in [2.45, 2.75) is 0 Å². The highest BCUT2D eigenvalue weighted by atomic mass is 17.2. The van der Waals surface area contributed by atoms with Gasteiger partial charge < -0.3 is 10.2 Å². The highest BCUT2D eigenvalue weighted by molar-refractivity contribution is 6.00. The van der Waals surface area contributed by atoms with Gasteiger partial charge in [0.05, 0.1) is 7.11 Å². The summed E-state index contributed by atoms with van der Waals surface area (Å²) in [5.41, 5.74) is 0.961. The van der Waals surface area contributed by atoms with Gasteiger partial charge in [0.15, 0.2) is 0 Å². The van der Waals surface area contributed by atoms with Crippen LogP contribution < -0.4 is 0 Å². The Bertz CT molecular complexity index is 592. The van der Waals surface area contributed by atoms with Gasteiger partial charge in [0.25, 0.3) is 0 Å². The third kappa shape index (κ3) is 2.66. The number of carbonyl (C=O) groups is 1. The van der Waals surface area contributed by atoms with E-state index in [0.29, 0.717) is 11.1 Å². The smallest absolute Gasteiger partial charge is 0.377 e. The van der Waals surface area contributed by atoms with E-state index in [2.05, 4.69) is 9.78 Å². The molecular formula is C14H12O5. The number of hydrogen-bond donors (Lipinski definition) is 2. The zero-order chi connectivity index (χ0) is 13.8. The zero-order valence-corrected chi connectivity index (χ0v) is 10.2. The summed E-state index contributed by atoms with van der Waals surface area (Å²) in [6.45, 7) is 0. The Morgan fingerprint density at radius 3 is 2.42 bits per heavy atom. The van der Waals surface area contributed by atoms with E-state index in [1.807, 2.05) is 6.07 Å². The third-order valence-electron chi connectivity index (χ3n) is 2.55. The lowest BCUT2D eigenvalue weighted by atomic mass is 9.98. The van der Waals surface area contributed by atoms with Crippen LogP contribution in [0.25, 0.3) is 11.1 Å². The molecule has 0 spiro atoms. The zero-order valence-electron chi connectivity index (χ0n) is 10.2. The van der Waals surface area contributed by atoms with Crippen molar-refractivity contribution in [2.24, 2.45) is 0 Å². The van der Waals surface area contributed by atoms with Crippen LogP contribution in [0, 0.1) is 0 Å². The normalized spacial score (nSPS) is 10.2. The lowest BCUT2D eigenvalue weighted by Gasteiger charge is -2.10. The molecule has 0 aliphatic carbocycles. The molecule has 0 bridgehead atoms. The van der Waals surface area contributed by atoms with E-state index in [9.17, 15) is 15.0 Å².